The highest BCUT2D eigenvalue weighted by Gasteiger charge is 2.53. The van der Waals surface area contributed by atoms with Crippen LogP contribution in [0.15, 0.2) is 18.3 Å². The van der Waals surface area contributed by atoms with Crippen LogP contribution in [0.5, 0.6) is 5.88 Å². The average molecular weight is 470 g/mol. The fraction of sp³-hybridized carbons (Fsp3) is 0.526. The lowest BCUT2D eigenvalue weighted by Gasteiger charge is -2.43. The number of nitro groups is 1. The Labute approximate surface area is 187 Å². The second-order valence-electron chi connectivity index (χ2n) is 6.77. The Kier molecular flexibility index (Phi) is 8.62. The second kappa shape index (κ2) is 11.2. The summed E-state index contributed by atoms with van der Waals surface area (Å²) in [5.41, 5.74) is -0.523. The highest BCUT2D eigenvalue weighted by atomic mass is 16.7. The lowest BCUT2D eigenvalue weighted by molar-refractivity contribution is -0.387. The fourth-order valence-electron chi connectivity index (χ4n) is 3.01. The summed E-state index contributed by atoms with van der Waals surface area (Å²) in [4.78, 5) is 60.9. The third-order valence-corrected chi connectivity index (χ3v) is 4.12. The smallest absolute Gasteiger partial charge is 0.331 e. The van der Waals surface area contributed by atoms with E-state index in [0.29, 0.717) is 0 Å². The predicted molar refractivity (Wildman–Crippen MR) is 103 cm³/mol. The summed E-state index contributed by atoms with van der Waals surface area (Å²) in [5.74, 6) is -3.64. The van der Waals surface area contributed by atoms with Crippen LogP contribution in [0.1, 0.15) is 27.7 Å². The molecule has 1 aromatic rings. The van der Waals surface area contributed by atoms with Crippen molar-refractivity contribution in [3.8, 4) is 5.88 Å². The Morgan fingerprint density at radius 1 is 0.970 bits per heavy atom. The summed E-state index contributed by atoms with van der Waals surface area (Å²) in [6.45, 7) is 3.85. The molecule has 2 heterocycles. The van der Waals surface area contributed by atoms with E-state index in [0.717, 1.165) is 33.8 Å². The Bertz CT molecular complexity index is 920. The molecule has 0 aliphatic carbocycles. The van der Waals surface area contributed by atoms with E-state index >= 15 is 0 Å². The number of rotatable bonds is 8. The van der Waals surface area contributed by atoms with E-state index in [9.17, 15) is 29.3 Å². The van der Waals surface area contributed by atoms with Gasteiger partial charge < -0.3 is 28.4 Å². The van der Waals surface area contributed by atoms with Gasteiger partial charge in [0.15, 0.2) is 12.2 Å². The molecule has 1 saturated heterocycles. The van der Waals surface area contributed by atoms with Crippen LogP contribution < -0.4 is 4.74 Å². The molecule has 14 nitrogen and oxygen atoms in total. The van der Waals surface area contributed by atoms with Gasteiger partial charge in [0.1, 0.15) is 12.7 Å². The molecule has 1 aliphatic heterocycles. The molecule has 0 bridgehead atoms. The van der Waals surface area contributed by atoms with Gasteiger partial charge in [0.05, 0.1) is 4.92 Å². The van der Waals surface area contributed by atoms with Gasteiger partial charge in [0.2, 0.25) is 12.4 Å². The number of esters is 4. The zero-order chi connectivity index (χ0) is 24.7. The molecule has 14 heteroatoms. The minimum Gasteiger partial charge on any atom is -0.463 e. The Balaban J connectivity index is 2.51. The number of hydrogen-bond donors (Lipinski definition) is 0. The van der Waals surface area contributed by atoms with Crippen LogP contribution in [0.4, 0.5) is 5.69 Å². The number of pyridine rings is 1. The normalized spacial score (nSPS) is 24.2. The van der Waals surface area contributed by atoms with Crippen molar-refractivity contribution in [1.29, 1.82) is 0 Å². The van der Waals surface area contributed by atoms with Crippen molar-refractivity contribution in [1.82, 2.24) is 4.98 Å². The summed E-state index contributed by atoms with van der Waals surface area (Å²) >= 11 is 0. The minimum atomic E-state index is -1.63. The first kappa shape index (κ1) is 25.5. The van der Waals surface area contributed by atoms with Crippen LogP contribution in [0.2, 0.25) is 0 Å². The molecule has 0 radical (unpaired) electrons. The van der Waals surface area contributed by atoms with Crippen molar-refractivity contribution in [2.75, 3.05) is 6.61 Å². The highest BCUT2D eigenvalue weighted by Crippen LogP contribution is 2.32. The topological polar surface area (TPSA) is 180 Å². The lowest BCUT2D eigenvalue weighted by atomic mass is 9.98. The molecule has 1 aliphatic rings. The van der Waals surface area contributed by atoms with Gasteiger partial charge in [-0.2, -0.15) is 0 Å². The van der Waals surface area contributed by atoms with Gasteiger partial charge >= 0.3 is 29.6 Å². The first-order valence-corrected chi connectivity index (χ1v) is 9.56. The van der Waals surface area contributed by atoms with Crippen LogP contribution in [0, 0.1) is 10.1 Å². The zero-order valence-electron chi connectivity index (χ0n) is 18.1. The number of carbonyl (C=O) groups is 4. The molecule has 5 atom stereocenters. The largest absolute Gasteiger partial charge is 0.463 e. The molecule has 33 heavy (non-hydrogen) atoms. The minimum absolute atomic E-state index is 0.470. The number of nitrogens with zero attached hydrogens (tertiary/aromatic N) is 2. The van der Waals surface area contributed by atoms with Gasteiger partial charge in [0.25, 0.3) is 5.88 Å². The number of hydrogen-bond acceptors (Lipinski definition) is 13. The van der Waals surface area contributed by atoms with Crippen molar-refractivity contribution >= 4 is 29.6 Å². The van der Waals surface area contributed by atoms with E-state index in [1.807, 2.05) is 0 Å². The SMILES string of the molecule is CC(=O)OC[C@H]1O[C@@H](Oc2ncccc2[N+](=O)[O-])[C@H](OC(C)=O)[C@@H](OC(C)=O)[C@H]1OC(C)=O. The van der Waals surface area contributed by atoms with E-state index in [-0.39, 0.29) is 0 Å². The highest BCUT2D eigenvalue weighted by molar-refractivity contribution is 5.68. The van der Waals surface area contributed by atoms with Crippen molar-refractivity contribution in [3.63, 3.8) is 0 Å². The van der Waals surface area contributed by atoms with E-state index in [1.165, 1.54) is 12.3 Å². The molecule has 0 amide bonds. The molecule has 0 spiro atoms. The molecule has 1 aromatic heterocycles. The van der Waals surface area contributed by atoms with Crippen LogP contribution in [0.25, 0.3) is 0 Å². The molecular formula is C19H22N2O12. The third-order valence-electron chi connectivity index (χ3n) is 4.12. The summed E-state index contributed by atoms with van der Waals surface area (Å²) in [6, 6.07) is 2.42. The molecule has 0 unspecified atom stereocenters. The fourth-order valence-corrected chi connectivity index (χ4v) is 3.01. The predicted octanol–water partition coefficient (Wildman–Crippen LogP) is 0.452. The van der Waals surface area contributed by atoms with Crippen LogP contribution >= 0.6 is 0 Å². The molecule has 1 fully saturated rings. The second-order valence-corrected chi connectivity index (χ2v) is 6.77. The maximum Gasteiger partial charge on any atom is 0.331 e. The first-order chi connectivity index (χ1) is 15.5. The van der Waals surface area contributed by atoms with E-state index in [4.69, 9.17) is 28.4 Å². The number of aromatic nitrogens is 1. The van der Waals surface area contributed by atoms with Crippen LogP contribution in [-0.4, -0.2) is 71.1 Å². The molecule has 180 valence electrons. The molecule has 2 rings (SSSR count). The zero-order valence-corrected chi connectivity index (χ0v) is 18.1. The molecular weight excluding hydrogens is 448 g/mol. The van der Waals surface area contributed by atoms with Gasteiger partial charge in [-0.05, 0) is 6.07 Å². The maximum atomic E-state index is 11.8. The molecule has 0 saturated carbocycles. The Morgan fingerprint density at radius 3 is 2.09 bits per heavy atom. The Morgan fingerprint density at radius 2 is 1.55 bits per heavy atom. The van der Waals surface area contributed by atoms with Crippen molar-refractivity contribution in [3.05, 3.63) is 28.4 Å². The lowest BCUT2D eigenvalue weighted by Crippen LogP contribution is -2.63. The first-order valence-electron chi connectivity index (χ1n) is 9.56. The van der Waals surface area contributed by atoms with Gasteiger partial charge in [-0.3, -0.25) is 29.3 Å². The van der Waals surface area contributed by atoms with E-state index < -0.39 is 77.7 Å². The van der Waals surface area contributed by atoms with Crippen LogP contribution in [0.3, 0.4) is 0 Å². The number of ether oxygens (including phenoxy) is 6. The average Bonchev–Trinajstić information content (AvgIpc) is 2.70. The monoisotopic (exact) mass is 470 g/mol. The standard InChI is InChI=1S/C19H22N2O12/c1-9(22)28-8-14-15(29-10(2)23)16(30-11(3)24)17(31-12(4)25)19(32-14)33-18-13(21(26)27)6-5-7-20-18/h5-7,14-17,19H,8H2,1-4H3/t14-,15+,16+,17-,19+/m1/s1. The maximum absolute atomic E-state index is 11.8. The van der Waals surface area contributed by atoms with Gasteiger partial charge in [-0.15, -0.1) is 0 Å². The van der Waals surface area contributed by atoms with E-state index in [1.54, 1.807) is 0 Å². The number of carbonyl (C=O) groups excluding carboxylic acids is 4. The molecule has 0 aromatic carbocycles. The summed E-state index contributed by atoms with van der Waals surface area (Å²) < 4.78 is 31.9. The third kappa shape index (κ3) is 7.10. The van der Waals surface area contributed by atoms with Crippen molar-refractivity contribution in [2.24, 2.45) is 0 Å². The van der Waals surface area contributed by atoms with Gasteiger partial charge in [-0.25, -0.2) is 4.98 Å². The summed E-state index contributed by atoms with van der Waals surface area (Å²) in [6.07, 6.45) is -6.06. The van der Waals surface area contributed by atoms with E-state index in [2.05, 4.69) is 4.98 Å². The summed E-state index contributed by atoms with van der Waals surface area (Å²) in [7, 11) is 0. The van der Waals surface area contributed by atoms with Crippen molar-refractivity contribution in [2.45, 2.75) is 58.4 Å². The van der Waals surface area contributed by atoms with Crippen molar-refractivity contribution < 1.29 is 52.5 Å². The van der Waals surface area contributed by atoms with Crippen LogP contribution in [-0.2, 0) is 42.9 Å². The summed E-state index contributed by atoms with van der Waals surface area (Å²) in [5, 5.41) is 11.3. The Hall–Kier alpha value is -3.81. The quantitative estimate of drug-likeness (QED) is 0.221. The molecule has 0 N–H and O–H groups in total. The van der Waals surface area contributed by atoms with Gasteiger partial charge in [0, 0.05) is 40.0 Å². The van der Waals surface area contributed by atoms with Gasteiger partial charge in [-0.1, -0.05) is 0 Å².